The fraction of sp³-hybridized carbons (Fsp3) is 0.364. The highest BCUT2D eigenvalue weighted by Gasteiger charge is 2.38. The molecule has 3 heteroatoms. The maximum absolute atomic E-state index is 11.6. The van der Waals surface area contributed by atoms with Crippen LogP contribution in [-0.2, 0) is 21.4 Å². The third-order valence-corrected chi connectivity index (χ3v) is 7.91. The van der Waals surface area contributed by atoms with E-state index in [0.29, 0.717) is 6.04 Å². The number of esters is 1. The summed E-state index contributed by atoms with van der Waals surface area (Å²) in [5.41, 5.74) is 8.30. The molecule has 1 fully saturated rings. The van der Waals surface area contributed by atoms with Crippen molar-refractivity contribution in [3.63, 3.8) is 0 Å². The van der Waals surface area contributed by atoms with E-state index >= 15 is 0 Å². The number of hydrogen-bond donors (Lipinski definition) is 0. The van der Waals surface area contributed by atoms with Gasteiger partial charge in [0.2, 0.25) is 0 Å². The van der Waals surface area contributed by atoms with Crippen molar-refractivity contribution in [2.24, 2.45) is 0 Å². The van der Waals surface area contributed by atoms with Crippen molar-refractivity contribution < 1.29 is 9.53 Å². The van der Waals surface area contributed by atoms with Gasteiger partial charge < -0.3 is 4.74 Å². The molecule has 0 heterocycles. The second-order valence-corrected chi connectivity index (χ2v) is 10.9. The third kappa shape index (κ3) is 5.11. The van der Waals surface area contributed by atoms with E-state index in [1.54, 1.807) is 0 Å². The molecule has 2 aliphatic rings. The van der Waals surface area contributed by atoms with Crippen LogP contribution >= 0.6 is 0 Å². The second-order valence-electron chi connectivity index (χ2n) is 10.9. The molecular weight excluding hydrogens is 442 g/mol. The smallest absolute Gasteiger partial charge is 0.309 e. The minimum absolute atomic E-state index is 0.164. The Morgan fingerprint density at radius 3 is 2.47 bits per heavy atom. The summed E-state index contributed by atoms with van der Waals surface area (Å²) in [7, 11) is 3.72. The zero-order chi connectivity index (χ0) is 25.3. The highest BCUT2D eigenvalue weighted by atomic mass is 16.5. The predicted octanol–water partition coefficient (Wildman–Crippen LogP) is 6.68. The number of fused-ring (bicyclic) bond motifs is 1. The molecule has 36 heavy (non-hydrogen) atoms. The maximum Gasteiger partial charge on any atom is 0.309 e. The van der Waals surface area contributed by atoms with Crippen LogP contribution in [0.1, 0.15) is 73.4 Å². The zero-order valence-electron chi connectivity index (χ0n) is 21.8. The molecule has 1 atom stereocenters. The first-order valence-electron chi connectivity index (χ1n) is 13.0. The van der Waals surface area contributed by atoms with Crippen LogP contribution in [0, 0.1) is 11.8 Å². The average molecular weight is 478 g/mol. The zero-order valence-corrected chi connectivity index (χ0v) is 21.8. The molecular formula is C33H35NO2. The number of carbonyl (C=O) groups excluding carboxylic acids is 1. The lowest BCUT2D eigenvalue weighted by molar-refractivity contribution is -0.139. The van der Waals surface area contributed by atoms with Crippen molar-refractivity contribution in [1.82, 2.24) is 4.90 Å². The highest BCUT2D eigenvalue weighted by molar-refractivity contribution is 5.74. The van der Waals surface area contributed by atoms with Crippen molar-refractivity contribution in [2.45, 2.75) is 63.5 Å². The summed E-state index contributed by atoms with van der Waals surface area (Å²) in [5.74, 6) is 6.68. The molecule has 0 radical (unpaired) electrons. The number of ether oxygens (including phenoxy) is 1. The number of nitrogens with zero attached hydrogens (tertiary/aromatic N) is 1. The normalized spacial score (nSPS) is 18.2. The van der Waals surface area contributed by atoms with Crippen LogP contribution in [0.15, 0.2) is 66.7 Å². The summed E-state index contributed by atoms with van der Waals surface area (Å²) in [5, 5.41) is 0. The summed E-state index contributed by atoms with van der Waals surface area (Å²) in [6.45, 7) is 4.74. The highest BCUT2D eigenvalue weighted by Crippen LogP contribution is 2.46. The fourth-order valence-corrected chi connectivity index (χ4v) is 5.48. The Bertz CT molecular complexity index is 1320. The lowest BCUT2D eigenvalue weighted by Crippen LogP contribution is -2.35. The van der Waals surface area contributed by atoms with Gasteiger partial charge in [0.25, 0.3) is 0 Å². The van der Waals surface area contributed by atoms with Crippen molar-refractivity contribution in [3.8, 4) is 23.0 Å². The van der Waals surface area contributed by atoms with E-state index < -0.39 is 0 Å². The van der Waals surface area contributed by atoms with Gasteiger partial charge in [-0.25, -0.2) is 0 Å². The van der Waals surface area contributed by atoms with E-state index in [1.165, 1.54) is 43.9 Å². The van der Waals surface area contributed by atoms with Crippen LogP contribution in [0.4, 0.5) is 0 Å². The van der Waals surface area contributed by atoms with E-state index in [1.807, 2.05) is 24.3 Å². The van der Waals surface area contributed by atoms with E-state index in [0.717, 1.165) is 33.9 Å². The van der Waals surface area contributed by atoms with E-state index in [-0.39, 0.29) is 17.8 Å². The quantitative estimate of drug-likeness (QED) is 0.303. The van der Waals surface area contributed by atoms with Gasteiger partial charge in [0.15, 0.2) is 0 Å². The molecule has 1 saturated carbocycles. The molecule has 184 valence electrons. The molecule has 3 aromatic carbocycles. The molecule has 5 rings (SSSR count). The summed E-state index contributed by atoms with van der Waals surface area (Å²) in [4.78, 5) is 14.2. The molecule has 0 spiro atoms. The molecule has 0 aromatic heterocycles. The Labute approximate surface area is 215 Å². The number of rotatable bonds is 5. The van der Waals surface area contributed by atoms with Crippen molar-refractivity contribution >= 4 is 5.97 Å². The van der Waals surface area contributed by atoms with Crippen LogP contribution in [0.5, 0.6) is 0 Å². The Hall–Kier alpha value is -3.35. The number of carbonyl (C=O) groups is 1. The van der Waals surface area contributed by atoms with Gasteiger partial charge in [-0.3, -0.25) is 9.69 Å². The van der Waals surface area contributed by atoms with Gasteiger partial charge in [-0.2, -0.15) is 0 Å². The number of methoxy groups -OCH3 is 1. The fourth-order valence-electron chi connectivity index (χ4n) is 5.48. The van der Waals surface area contributed by atoms with Crippen molar-refractivity contribution in [1.29, 1.82) is 0 Å². The Morgan fingerprint density at radius 1 is 1.00 bits per heavy atom. The summed E-state index contributed by atoms with van der Waals surface area (Å²) < 4.78 is 4.78. The van der Waals surface area contributed by atoms with Crippen LogP contribution in [-0.4, -0.2) is 31.1 Å². The topological polar surface area (TPSA) is 29.5 Å². The monoisotopic (exact) mass is 477 g/mol. The van der Waals surface area contributed by atoms with E-state index in [9.17, 15) is 4.79 Å². The molecule has 1 unspecified atom stereocenters. The Kier molecular flexibility index (Phi) is 6.73. The third-order valence-electron chi connectivity index (χ3n) is 7.91. The first kappa shape index (κ1) is 24.3. The van der Waals surface area contributed by atoms with Gasteiger partial charge in [-0.15, -0.1) is 0 Å². The van der Waals surface area contributed by atoms with Gasteiger partial charge in [0, 0.05) is 23.2 Å². The molecule has 3 aromatic rings. The summed E-state index contributed by atoms with van der Waals surface area (Å²) in [6, 6.07) is 24.5. The SMILES string of the molecule is COC(=O)Cc1ccc(-c2ccccc2C#Cc2ccc3c(c2)C(C)(C)CCC3N(C)C2CC2)cc1. The van der Waals surface area contributed by atoms with Gasteiger partial charge in [0.1, 0.15) is 0 Å². The molecule has 0 bridgehead atoms. The first-order valence-corrected chi connectivity index (χ1v) is 13.0. The standard InChI is InChI=1S/C33H35NO2/c1-33(2)20-19-31(34(3)27-16-17-27)29-18-12-23(21-30(29)33)9-13-25-7-5-6-8-28(25)26-14-10-24(11-15-26)22-32(35)36-4/h5-8,10-12,14-15,18,21,27,31H,16-17,19-20,22H2,1-4H3. The van der Waals surface area contributed by atoms with Crippen molar-refractivity contribution in [2.75, 3.05) is 14.2 Å². The van der Waals surface area contributed by atoms with E-state index in [2.05, 4.69) is 80.1 Å². The van der Waals surface area contributed by atoms with Crippen LogP contribution < -0.4 is 0 Å². The minimum Gasteiger partial charge on any atom is -0.469 e. The maximum atomic E-state index is 11.6. The minimum atomic E-state index is -0.229. The van der Waals surface area contributed by atoms with Gasteiger partial charge in [-0.05, 0) is 84.2 Å². The Balaban J connectivity index is 1.43. The van der Waals surface area contributed by atoms with Crippen LogP contribution in [0.2, 0.25) is 0 Å². The second kappa shape index (κ2) is 9.96. The molecule has 0 saturated heterocycles. The molecule has 2 aliphatic carbocycles. The van der Waals surface area contributed by atoms with Gasteiger partial charge >= 0.3 is 5.97 Å². The molecule has 0 amide bonds. The van der Waals surface area contributed by atoms with Crippen molar-refractivity contribution in [3.05, 3.63) is 94.5 Å². The Morgan fingerprint density at radius 2 is 1.75 bits per heavy atom. The lowest BCUT2D eigenvalue weighted by atomic mass is 9.70. The van der Waals surface area contributed by atoms with Gasteiger partial charge in [0.05, 0.1) is 13.5 Å². The molecule has 0 aliphatic heterocycles. The first-order chi connectivity index (χ1) is 17.4. The molecule has 3 nitrogen and oxygen atoms in total. The van der Waals surface area contributed by atoms with Gasteiger partial charge in [-0.1, -0.05) is 74.2 Å². The number of benzene rings is 3. The number of hydrogen-bond acceptors (Lipinski definition) is 3. The average Bonchev–Trinajstić information content (AvgIpc) is 3.74. The predicted molar refractivity (Wildman–Crippen MR) is 146 cm³/mol. The van der Waals surface area contributed by atoms with Crippen LogP contribution in [0.25, 0.3) is 11.1 Å². The van der Waals surface area contributed by atoms with E-state index in [4.69, 9.17) is 4.74 Å². The largest absolute Gasteiger partial charge is 0.469 e. The molecule has 0 N–H and O–H groups in total. The summed E-state index contributed by atoms with van der Waals surface area (Å²) >= 11 is 0. The van der Waals surface area contributed by atoms with Crippen LogP contribution in [0.3, 0.4) is 0 Å². The lowest BCUT2D eigenvalue weighted by Gasteiger charge is -2.41. The summed E-state index contributed by atoms with van der Waals surface area (Å²) in [6.07, 6.45) is 5.38.